The van der Waals surface area contributed by atoms with E-state index in [9.17, 15) is 24.6 Å². The van der Waals surface area contributed by atoms with E-state index in [2.05, 4.69) is 28.9 Å². The van der Waals surface area contributed by atoms with Gasteiger partial charge >= 0.3 is 0 Å². The van der Waals surface area contributed by atoms with Gasteiger partial charge < -0.3 is 5.32 Å². The van der Waals surface area contributed by atoms with E-state index in [0.717, 1.165) is 18.6 Å². The molecule has 0 radical (unpaired) electrons. The molecule has 10 heteroatoms. The Balaban J connectivity index is 0.000000308. The Labute approximate surface area is 166 Å². The summed E-state index contributed by atoms with van der Waals surface area (Å²) in [6.45, 7) is 18.2. The minimum absolute atomic E-state index is 0.0396. The van der Waals surface area contributed by atoms with Crippen LogP contribution >= 0.6 is 0 Å². The molecule has 0 heterocycles. The first-order chi connectivity index (χ1) is 13.7. The van der Waals surface area contributed by atoms with Gasteiger partial charge in [0.1, 0.15) is 5.69 Å². The number of rotatable bonds is 6. The monoisotopic (exact) mass is 399 g/mol. The summed E-state index contributed by atoms with van der Waals surface area (Å²) < 4.78 is 12.6. The number of anilines is 1. The molecule has 0 saturated heterocycles. The van der Waals surface area contributed by atoms with Gasteiger partial charge in [-0.25, -0.2) is 9.69 Å². The Kier molecular flexibility index (Phi) is 8.68. The van der Waals surface area contributed by atoms with Gasteiger partial charge in [-0.1, -0.05) is 26.0 Å². The third kappa shape index (κ3) is 7.23. The van der Waals surface area contributed by atoms with Gasteiger partial charge in [0.15, 0.2) is 17.2 Å². The van der Waals surface area contributed by atoms with Crippen LogP contribution in [0.25, 0.3) is 9.69 Å². The lowest BCUT2D eigenvalue weighted by Gasteiger charge is -2.08. The number of nitrogens with one attached hydrogen (secondary N) is 1. The van der Waals surface area contributed by atoms with Crippen LogP contribution in [0.3, 0.4) is 0 Å². The quantitative estimate of drug-likeness (QED) is 0.370. The highest BCUT2D eigenvalue weighted by Crippen LogP contribution is 2.29. The highest BCUT2D eigenvalue weighted by molar-refractivity contribution is 5.68. The molecule has 0 atom stereocenters. The number of hydrogen-bond acceptors (Lipinski definition) is 5. The van der Waals surface area contributed by atoms with Crippen molar-refractivity contribution < 1.29 is 14.2 Å². The molecule has 150 valence electrons. The summed E-state index contributed by atoms with van der Waals surface area (Å²) in [4.78, 5) is 25.8. The van der Waals surface area contributed by atoms with Crippen molar-refractivity contribution in [3.63, 3.8) is 0 Å². The van der Waals surface area contributed by atoms with Crippen LogP contribution in [0, 0.1) is 45.1 Å². The number of halogens is 1. The molecule has 29 heavy (non-hydrogen) atoms. The second kappa shape index (κ2) is 10.9. The maximum atomic E-state index is 12.6. The van der Waals surface area contributed by atoms with E-state index in [-0.39, 0.29) is 17.1 Å². The normalized spacial score (nSPS) is 9.59. The van der Waals surface area contributed by atoms with Crippen molar-refractivity contribution in [3.05, 3.63) is 85.3 Å². The van der Waals surface area contributed by atoms with Gasteiger partial charge in [-0.3, -0.25) is 20.2 Å². The summed E-state index contributed by atoms with van der Waals surface area (Å²) in [6.07, 6.45) is 0.946. The molecule has 0 aliphatic carbocycles. The molecule has 0 aliphatic heterocycles. The summed E-state index contributed by atoms with van der Waals surface area (Å²) >= 11 is 0. The fourth-order valence-corrected chi connectivity index (χ4v) is 2.10. The van der Waals surface area contributed by atoms with Crippen molar-refractivity contribution in [2.45, 2.75) is 20.3 Å². The molecule has 9 nitrogen and oxygen atoms in total. The highest BCUT2D eigenvalue weighted by atomic mass is 19.1. The number of benzene rings is 2. The topological polar surface area (TPSA) is 107 Å². The van der Waals surface area contributed by atoms with Crippen molar-refractivity contribution >= 4 is 28.4 Å². The third-order valence-corrected chi connectivity index (χ3v) is 3.60. The Morgan fingerprint density at radius 2 is 1.52 bits per heavy atom. The summed E-state index contributed by atoms with van der Waals surface area (Å²) in [7, 11) is 0. The second-order valence-corrected chi connectivity index (χ2v) is 6.18. The average Bonchev–Trinajstić information content (AvgIpc) is 2.68. The predicted molar refractivity (Wildman–Crippen MR) is 107 cm³/mol. The molecular weight excluding hydrogens is 381 g/mol. The number of nitrogens with zero attached hydrogens (tertiary/aromatic N) is 4. The maximum absolute atomic E-state index is 12.6. The fourth-order valence-electron chi connectivity index (χ4n) is 2.10. The lowest BCUT2D eigenvalue weighted by atomic mass is 10.1. The molecule has 1 N–H and O–H groups in total. The Hall–Kier alpha value is -4.05. The number of nitro benzene ring substituents is 2. The van der Waals surface area contributed by atoms with E-state index >= 15 is 0 Å². The zero-order chi connectivity index (χ0) is 22.0. The highest BCUT2D eigenvalue weighted by Gasteiger charge is 2.14. The summed E-state index contributed by atoms with van der Waals surface area (Å²) in [5.74, 6) is -0.378. The average molecular weight is 399 g/mol. The second-order valence-electron chi connectivity index (χ2n) is 6.18. The van der Waals surface area contributed by atoms with E-state index in [4.69, 9.17) is 13.1 Å². The molecule has 0 unspecified atom stereocenters. The zero-order valence-corrected chi connectivity index (χ0v) is 15.8. The van der Waals surface area contributed by atoms with Crippen molar-refractivity contribution in [2.75, 3.05) is 11.9 Å². The molecule has 0 aliphatic rings. The van der Waals surface area contributed by atoms with Crippen molar-refractivity contribution in [1.29, 1.82) is 0 Å². The third-order valence-electron chi connectivity index (χ3n) is 3.60. The largest absolute Gasteiger partial charge is 0.380 e. The predicted octanol–water partition coefficient (Wildman–Crippen LogP) is 5.89. The number of nitro groups is 2. The van der Waals surface area contributed by atoms with E-state index < -0.39 is 21.4 Å². The van der Waals surface area contributed by atoms with Gasteiger partial charge in [0.2, 0.25) is 0 Å². The first kappa shape index (κ1) is 23.0. The molecule has 0 spiro atoms. The maximum Gasteiger partial charge on any atom is 0.294 e. The smallest absolute Gasteiger partial charge is 0.294 e. The number of hydrogen-bond donors (Lipinski definition) is 1. The van der Waals surface area contributed by atoms with Crippen molar-refractivity contribution in [1.82, 2.24) is 0 Å². The van der Waals surface area contributed by atoms with Crippen LogP contribution < -0.4 is 5.32 Å². The van der Waals surface area contributed by atoms with Crippen LogP contribution in [0.4, 0.5) is 32.8 Å². The van der Waals surface area contributed by atoms with Gasteiger partial charge in [-0.15, -0.1) is 0 Å². The molecule has 0 saturated carbocycles. The van der Waals surface area contributed by atoms with Crippen molar-refractivity contribution in [2.24, 2.45) is 5.92 Å². The van der Waals surface area contributed by atoms with Gasteiger partial charge in [-0.05, 0) is 24.5 Å². The molecule has 0 aromatic heterocycles. The lowest BCUT2D eigenvalue weighted by molar-refractivity contribution is -0.387. The van der Waals surface area contributed by atoms with Crippen LogP contribution in [-0.2, 0) is 0 Å². The van der Waals surface area contributed by atoms with Crippen LogP contribution in [0.5, 0.6) is 0 Å². The SMILES string of the molecule is [C-]#[N+]c1ccc(F)c([N+](=O)[O-])c1.[C-]#[N+]c1ccc(NCCC(C)C)c([N+](=O)[O-])c1. The summed E-state index contributed by atoms with van der Waals surface area (Å²) in [5, 5.41) is 24.0. The Morgan fingerprint density at radius 1 is 1.00 bits per heavy atom. The molecule has 2 aromatic rings. The van der Waals surface area contributed by atoms with Crippen molar-refractivity contribution in [3.8, 4) is 0 Å². The molecule has 2 aromatic carbocycles. The molecule has 0 bridgehead atoms. The molecular formula is C19H18FN5O4. The first-order valence-electron chi connectivity index (χ1n) is 8.40. The minimum Gasteiger partial charge on any atom is -0.380 e. The fraction of sp³-hybridized carbons (Fsp3) is 0.263. The summed E-state index contributed by atoms with van der Waals surface area (Å²) in [6, 6.07) is 7.47. The zero-order valence-electron chi connectivity index (χ0n) is 15.8. The van der Waals surface area contributed by atoms with E-state index in [1.807, 2.05) is 0 Å². The standard InChI is InChI=1S/C12H15N3O2.C7H3FN2O2/c1-9(2)6-7-14-11-5-4-10(13-3)8-12(11)15(16)17;1-9-5-2-3-6(8)7(4-5)10(11)12/h4-5,8-9,14H,6-7H2,1-2H3;2-4H. The Bertz CT molecular complexity index is 980. The van der Waals surface area contributed by atoms with E-state index in [0.29, 0.717) is 18.2 Å². The van der Waals surface area contributed by atoms with Gasteiger partial charge in [-0.2, -0.15) is 4.39 Å². The van der Waals surface area contributed by atoms with Crippen LogP contribution in [0.2, 0.25) is 0 Å². The van der Waals surface area contributed by atoms with Crippen LogP contribution in [0.1, 0.15) is 20.3 Å². The lowest BCUT2D eigenvalue weighted by Crippen LogP contribution is -2.06. The van der Waals surface area contributed by atoms with E-state index in [1.54, 1.807) is 12.1 Å². The molecule has 2 rings (SSSR count). The van der Waals surface area contributed by atoms with Gasteiger partial charge in [0.25, 0.3) is 11.4 Å². The van der Waals surface area contributed by atoms with Gasteiger partial charge in [0.05, 0.1) is 23.0 Å². The van der Waals surface area contributed by atoms with Gasteiger partial charge in [0, 0.05) is 18.7 Å². The molecule has 0 fully saturated rings. The van der Waals surface area contributed by atoms with Crippen LogP contribution in [0.15, 0.2) is 36.4 Å². The minimum atomic E-state index is -0.924. The van der Waals surface area contributed by atoms with E-state index in [1.165, 1.54) is 12.1 Å². The molecule has 0 amide bonds. The summed E-state index contributed by atoms with van der Waals surface area (Å²) in [5.41, 5.74) is 0.114. The first-order valence-corrected chi connectivity index (χ1v) is 8.40. The Morgan fingerprint density at radius 3 is 2.00 bits per heavy atom. The van der Waals surface area contributed by atoms with Crippen LogP contribution in [-0.4, -0.2) is 16.4 Å².